The van der Waals surface area contributed by atoms with E-state index < -0.39 is 0 Å². The lowest BCUT2D eigenvalue weighted by molar-refractivity contribution is 0.262. The van der Waals surface area contributed by atoms with Gasteiger partial charge in [-0.15, -0.1) is 0 Å². The van der Waals surface area contributed by atoms with Gasteiger partial charge in [-0.25, -0.2) is 9.18 Å². The molecule has 0 spiro atoms. The van der Waals surface area contributed by atoms with Crippen LogP contribution in [0.1, 0.15) is 5.69 Å². The molecule has 0 bridgehead atoms. The minimum Gasteiger partial charge on any atom is -0.308 e. The Balaban J connectivity index is 1.95. The second-order valence-electron chi connectivity index (χ2n) is 3.42. The van der Waals surface area contributed by atoms with Crippen LogP contribution in [0, 0.1) is 12.7 Å². The fourth-order valence-corrected chi connectivity index (χ4v) is 1.89. The van der Waals surface area contributed by atoms with Crippen LogP contribution in [0.5, 0.6) is 0 Å². The van der Waals surface area contributed by atoms with Gasteiger partial charge in [0.25, 0.3) is 0 Å². The SMILES string of the molecule is Cc1cc(NC(=O)Nc2ccc(F)cc2)sn1. The van der Waals surface area contributed by atoms with E-state index in [0.29, 0.717) is 10.7 Å². The highest BCUT2D eigenvalue weighted by atomic mass is 32.1. The van der Waals surface area contributed by atoms with E-state index in [4.69, 9.17) is 0 Å². The molecule has 2 amide bonds. The molecule has 2 aromatic rings. The molecule has 0 unspecified atom stereocenters. The molecule has 6 heteroatoms. The quantitative estimate of drug-likeness (QED) is 0.860. The van der Waals surface area contributed by atoms with E-state index in [1.807, 2.05) is 6.92 Å². The van der Waals surface area contributed by atoms with Crippen LogP contribution in [-0.2, 0) is 0 Å². The Bertz CT molecular complexity index is 524. The number of aryl methyl sites for hydroxylation is 1. The molecular weight excluding hydrogens is 241 g/mol. The number of aromatic nitrogens is 1. The van der Waals surface area contributed by atoms with Crippen LogP contribution in [0.3, 0.4) is 0 Å². The maximum atomic E-state index is 12.6. The lowest BCUT2D eigenvalue weighted by atomic mass is 10.3. The first-order valence-corrected chi connectivity index (χ1v) is 5.68. The molecule has 1 heterocycles. The third-order valence-electron chi connectivity index (χ3n) is 1.97. The molecule has 0 aliphatic carbocycles. The maximum absolute atomic E-state index is 12.6. The molecule has 1 aromatic carbocycles. The number of anilines is 2. The van der Waals surface area contributed by atoms with Crippen molar-refractivity contribution in [3.8, 4) is 0 Å². The zero-order valence-corrected chi connectivity index (χ0v) is 9.84. The predicted octanol–water partition coefficient (Wildman–Crippen LogP) is 3.23. The molecule has 88 valence electrons. The van der Waals surface area contributed by atoms with Gasteiger partial charge in [0, 0.05) is 5.69 Å². The van der Waals surface area contributed by atoms with Gasteiger partial charge in [-0.1, -0.05) is 0 Å². The molecule has 2 rings (SSSR count). The van der Waals surface area contributed by atoms with Crippen molar-refractivity contribution < 1.29 is 9.18 Å². The summed E-state index contributed by atoms with van der Waals surface area (Å²) in [7, 11) is 0. The Labute approximate surface area is 102 Å². The molecule has 17 heavy (non-hydrogen) atoms. The third kappa shape index (κ3) is 3.25. The Morgan fingerprint density at radius 3 is 2.59 bits per heavy atom. The predicted molar refractivity (Wildman–Crippen MR) is 65.9 cm³/mol. The highest BCUT2D eigenvalue weighted by Crippen LogP contribution is 2.16. The van der Waals surface area contributed by atoms with E-state index in [-0.39, 0.29) is 11.8 Å². The van der Waals surface area contributed by atoms with Crippen molar-refractivity contribution in [2.45, 2.75) is 6.92 Å². The number of halogens is 1. The van der Waals surface area contributed by atoms with Crippen molar-refractivity contribution in [1.29, 1.82) is 0 Å². The number of urea groups is 1. The smallest absolute Gasteiger partial charge is 0.308 e. The lowest BCUT2D eigenvalue weighted by Crippen LogP contribution is -2.18. The molecule has 0 radical (unpaired) electrons. The number of nitrogens with zero attached hydrogens (tertiary/aromatic N) is 1. The van der Waals surface area contributed by atoms with Crippen LogP contribution in [-0.4, -0.2) is 10.4 Å². The molecule has 0 saturated heterocycles. The molecule has 4 nitrogen and oxygen atoms in total. The number of nitrogens with one attached hydrogen (secondary N) is 2. The van der Waals surface area contributed by atoms with Crippen molar-refractivity contribution in [3.05, 3.63) is 41.8 Å². The first-order chi connectivity index (χ1) is 8.13. The first-order valence-electron chi connectivity index (χ1n) is 4.90. The number of rotatable bonds is 2. The second-order valence-corrected chi connectivity index (χ2v) is 4.22. The molecule has 0 saturated carbocycles. The van der Waals surface area contributed by atoms with Crippen LogP contribution in [0.4, 0.5) is 19.9 Å². The van der Waals surface area contributed by atoms with Gasteiger partial charge in [0.05, 0.1) is 5.69 Å². The van der Waals surface area contributed by atoms with Crippen molar-refractivity contribution in [2.24, 2.45) is 0 Å². The van der Waals surface area contributed by atoms with Gasteiger partial charge >= 0.3 is 6.03 Å². The van der Waals surface area contributed by atoms with Crippen molar-refractivity contribution in [1.82, 2.24) is 4.37 Å². The van der Waals surface area contributed by atoms with Crippen molar-refractivity contribution in [3.63, 3.8) is 0 Å². The number of amides is 2. The second kappa shape index (κ2) is 4.92. The van der Waals surface area contributed by atoms with Gasteiger partial charge in [-0.05, 0) is 48.8 Å². The fourth-order valence-electron chi connectivity index (χ4n) is 1.23. The summed E-state index contributed by atoms with van der Waals surface area (Å²) < 4.78 is 16.7. The fraction of sp³-hybridized carbons (Fsp3) is 0.0909. The maximum Gasteiger partial charge on any atom is 0.324 e. The highest BCUT2D eigenvalue weighted by Gasteiger charge is 2.04. The summed E-state index contributed by atoms with van der Waals surface area (Å²) in [6.45, 7) is 1.85. The number of hydrogen-bond donors (Lipinski definition) is 2. The summed E-state index contributed by atoms with van der Waals surface area (Å²) in [5.74, 6) is -0.339. The van der Waals surface area contributed by atoms with Gasteiger partial charge in [0.15, 0.2) is 0 Å². The highest BCUT2D eigenvalue weighted by molar-refractivity contribution is 7.10. The summed E-state index contributed by atoms with van der Waals surface area (Å²) in [5.41, 5.74) is 1.39. The average molecular weight is 251 g/mol. The Hall–Kier alpha value is -1.95. The Morgan fingerprint density at radius 2 is 2.00 bits per heavy atom. The summed E-state index contributed by atoms with van der Waals surface area (Å²) in [6.07, 6.45) is 0. The number of benzene rings is 1. The van der Waals surface area contributed by atoms with Gasteiger partial charge < -0.3 is 5.32 Å². The number of hydrogen-bond acceptors (Lipinski definition) is 3. The number of carbonyl (C=O) groups excluding carboxylic acids is 1. The monoisotopic (exact) mass is 251 g/mol. The van der Waals surface area contributed by atoms with E-state index in [2.05, 4.69) is 15.0 Å². The summed E-state index contributed by atoms with van der Waals surface area (Å²) in [4.78, 5) is 11.5. The first kappa shape index (κ1) is 11.5. The van der Waals surface area contributed by atoms with E-state index >= 15 is 0 Å². The summed E-state index contributed by atoms with van der Waals surface area (Å²) in [6, 6.07) is 6.95. The molecule has 1 aromatic heterocycles. The standard InChI is InChI=1S/C11H10FN3OS/c1-7-6-10(17-15-7)14-11(16)13-9-4-2-8(12)3-5-9/h2-6H,1H3,(H2,13,14,16). The van der Waals surface area contributed by atoms with Gasteiger partial charge in [0.1, 0.15) is 10.8 Å². The van der Waals surface area contributed by atoms with Gasteiger partial charge in [-0.3, -0.25) is 5.32 Å². The lowest BCUT2D eigenvalue weighted by Gasteiger charge is -2.04. The van der Waals surface area contributed by atoms with Crippen LogP contribution < -0.4 is 10.6 Å². The third-order valence-corrected chi connectivity index (χ3v) is 2.76. The van der Waals surface area contributed by atoms with Gasteiger partial charge in [-0.2, -0.15) is 4.37 Å². The van der Waals surface area contributed by atoms with Crippen molar-refractivity contribution >= 4 is 28.3 Å². The normalized spacial score (nSPS) is 10.0. The van der Waals surface area contributed by atoms with Crippen LogP contribution in [0.2, 0.25) is 0 Å². The average Bonchev–Trinajstić information content (AvgIpc) is 2.67. The molecular formula is C11H10FN3OS. The molecule has 0 atom stereocenters. The Morgan fingerprint density at radius 1 is 1.29 bits per heavy atom. The molecule has 0 fully saturated rings. The minimum atomic E-state index is -0.375. The van der Waals surface area contributed by atoms with E-state index in [9.17, 15) is 9.18 Å². The minimum absolute atomic E-state index is 0.339. The topological polar surface area (TPSA) is 54.0 Å². The zero-order valence-electron chi connectivity index (χ0n) is 9.03. The zero-order chi connectivity index (χ0) is 12.3. The van der Waals surface area contributed by atoms with E-state index in [1.54, 1.807) is 6.07 Å². The Kier molecular flexibility index (Phi) is 3.34. The number of carbonyl (C=O) groups is 1. The van der Waals surface area contributed by atoms with Crippen LogP contribution >= 0.6 is 11.5 Å². The van der Waals surface area contributed by atoms with E-state index in [1.165, 1.54) is 35.8 Å². The molecule has 0 aliphatic heterocycles. The van der Waals surface area contributed by atoms with Crippen molar-refractivity contribution in [2.75, 3.05) is 10.6 Å². The van der Waals surface area contributed by atoms with Crippen LogP contribution in [0.25, 0.3) is 0 Å². The van der Waals surface area contributed by atoms with Gasteiger partial charge in [0.2, 0.25) is 0 Å². The summed E-state index contributed by atoms with van der Waals surface area (Å²) >= 11 is 1.21. The molecule has 2 N–H and O–H groups in total. The summed E-state index contributed by atoms with van der Waals surface area (Å²) in [5, 5.41) is 5.90. The molecule has 0 aliphatic rings. The van der Waals surface area contributed by atoms with E-state index in [0.717, 1.165) is 5.69 Å². The largest absolute Gasteiger partial charge is 0.324 e. The van der Waals surface area contributed by atoms with Crippen LogP contribution in [0.15, 0.2) is 30.3 Å².